The summed E-state index contributed by atoms with van der Waals surface area (Å²) in [6.07, 6.45) is -4.67. The minimum Gasteiger partial charge on any atom is -0.383 e. The molecule has 3 N–H and O–H groups in total. The molecule has 0 fully saturated rings. The normalized spacial score (nSPS) is 19.6. The molecule has 1 aliphatic heterocycles. The van der Waals surface area contributed by atoms with Crippen LogP contribution in [0.5, 0.6) is 0 Å². The van der Waals surface area contributed by atoms with Crippen molar-refractivity contribution >= 4 is 33.9 Å². The summed E-state index contributed by atoms with van der Waals surface area (Å²) in [6, 6.07) is 14.0. The van der Waals surface area contributed by atoms with Gasteiger partial charge in [-0.25, -0.2) is 4.98 Å². The molecule has 30 heavy (non-hydrogen) atoms. The predicted octanol–water partition coefficient (Wildman–Crippen LogP) is 2.73. The number of rotatable bonds is 2. The minimum absolute atomic E-state index is 0.0538. The summed E-state index contributed by atoms with van der Waals surface area (Å²) in [5, 5.41) is 20.9. The number of benzene rings is 2. The van der Waals surface area contributed by atoms with Gasteiger partial charge in [-0.3, -0.25) is 0 Å². The Kier molecular flexibility index (Phi) is 3.74. The van der Waals surface area contributed by atoms with E-state index in [2.05, 4.69) is 20.2 Å². The van der Waals surface area contributed by atoms with Gasteiger partial charge in [-0.1, -0.05) is 36.4 Å². The molecule has 0 aliphatic carbocycles. The number of hydrazone groups is 1. The third-order valence-corrected chi connectivity index (χ3v) is 4.98. The van der Waals surface area contributed by atoms with Gasteiger partial charge in [-0.15, -0.1) is 0 Å². The number of fused-ring (bicyclic) bond motifs is 2. The quantitative estimate of drug-likeness (QED) is 0.524. The highest BCUT2D eigenvalue weighted by Crippen LogP contribution is 2.43. The van der Waals surface area contributed by atoms with Crippen molar-refractivity contribution in [2.24, 2.45) is 5.10 Å². The van der Waals surface area contributed by atoms with Crippen molar-refractivity contribution in [3.63, 3.8) is 0 Å². The number of aromatic nitrogens is 4. The van der Waals surface area contributed by atoms with E-state index in [1.54, 1.807) is 18.2 Å². The molecule has 2 aromatic carbocycles. The Hall–Kier alpha value is -3.73. The van der Waals surface area contributed by atoms with Crippen LogP contribution in [0.15, 0.2) is 60.0 Å². The van der Waals surface area contributed by atoms with Gasteiger partial charge in [-0.2, -0.15) is 37.9 Å². The number of hydrogen-bond acceptors (Lipinski definition) is 7. The van der Waals surface area contributed by atoms with Crippen molar-refractivity contribution in [2.75, 3.05) is 10.7 Å². The lowest BCUT2D eigenvalue weighted by Crippen LogP contribution is -2.55. The molecule has 8 nitrogen and oxygen atoms in total. The Balaban J connectivity index is 1.69. The van der Waals surface area contributed by atoms with Crippen LogP contribution in [0.1, 0.15) is 12.0 Å². The molecule has 4 aromatic rings. The Bertz CT molecular complexity index is 1320. The van der Waals surface area contributed by atoms with E-state index in [-0.39, 0.29) is 17.2 Å². The van der Waals surface area contributed by atoms with Crippen LogP contribution in [0.4, 0.5) is 24.9 Å². The molecule has 0 saturated heterocycles. The molecule has 0 spiro atoms. The van der Waals surface area contributed by atoms with Crippen LogP contribution in [0.25, 0.3) is 16.4 Å². The second kappa shape index (κ2) is 6.13. The number of nitrogen functional groups attached to an aromatic ring is 1. The maximum absolute atomic E-state index is 14.0. The highest BCUT2D eigenvalue weighted by atomic mass is 19.4. The molecule has 11 heteroatoms. The Morgan fingerprint density at radius 3 is 2.60 bits per heavy atom. The van der Waals surface area contributed by atoms with Gasteiger partial charge in [-0.05, 0) is 22.4 Å². The van der Waals surface area contributed by atoms with Crippen LogP contribution in [-0.2, 0) is 0 Å². The molecule has 1 aliphatic rings. The number of alkyl halides is 3. The van der Waals surface area contributed by atoms with Crippen molar-refractivity contribution in [3.05, 3.63) is 60.4 Å². The van der Waals surface area contributed by atoms with Gasteiger partial charge in [0.15, 0.2) is 5.65 Å². The predicted molar refractivity (Wildman–Crippen MR) is 104 cm³/mol. The van der Waals surface area contributed by atoms with Crippen molar-refractivity contribution in [1.82, 2.24) is 19.6 Å². The second-order valence-corrected chi connectivity index (χ2v) is 6.92. The zero-order chi connectivity index (χ0) is 21.1. The summed E-state index contributed by atoms with van der Waals surface area (Å²) in [7, 11) is 0. The molecular weight excluding hydrogens is 399 g/mol. The van der Waals surface area contributed by atoms with Crippen molar-refractivity contribution in [3.8, 4) is 0 Å². The van der Waals surface area contributed by atoms with Gasteiger partial charge in [0.1, 0.15) is 12.1 Å². The molecule has 0 bridgehead atoms. The zero-order valence-electron chi connectivity index (χ0n) is 15.2. The van der Waals surface area contributed by atoms with E-state index < -0.39 is 24.3 Å². The fourth-order valence-electron chi connectivity index (χ4n) is 3.47. The number of halogens is 3. The first kappa shape index (κ1) is 18.3. The number of nitrogens with two attached hydrogens (primary N) is 1. The molecule has 1 unspecified atom stereocenters. The maximum atomic E-state index is 14.0. The number of nitrogens with zero attached hydrogens (tertiary/aromatic N) is 6. The van der Waals surface area contributed by atoms with Crippen LogP contribution in [0.3, 0.4) is 0 Å². The van der Waals surface area contributed by atoms with Crippen LogP contribution < -0.4 is 10.7 Å². The summed E-state index contributed by atoms with van der Waals surface area (Å²) in [5.41, 5.74) is 3.09. The van der Waals surface area contributed by atoms with Gasteiger partial charge >= 0.3 is 6.18 Å². The fraction of sp³-hybridized carbons (Fsp3) is 0.158. The molecule has 0 amide bonds. The van der Waals surface area contributed by atoms with E-state index in [9.17, 15) is 18.3 Å². The number of hydrogen-bond donors (Lipinski definition) is 2. The number of aliphatic hydroxyl groups is 1. The summed E-state index contributed by atoms with van der Waals surface area (Å²) >= 11 is 0. The smallest absolute Gasteiger partial charge is 0.383 e. The lowest BCUT2D eigenvalue weighted by Gasteiger charge is -2.33. The average molecular weight is 413 g/mol. The van der Waals surface area contributed by atoms with Gasteiger partial charge in [0, 0.05) is 6.07 Å². The van der Waals surface area contributed by atoms with E-state index in [4.69, 9.17) is 5.73 Å². The molecule has 0 radical (unpaired) electrons. The van der Waals surface area contributed by atoms with Crippen molar-refractivity contribution in [1.29, 1.82) is 0 Å². The lowest BCUT2D eigenvalue weighted by molar-refractivity contribution is -0.254. The first-order valence-corrected chi connectivity index (χ1v) is 8.88. The standard InChI is InChI=1S/C19H14F3N7O/c20-19(21,22)18(30)9-14(13-6-5-11-3-1-2-4-12(11)7-13)27-29(18)17-26-15(23)8-16-24-10-25-28(16)17/h1-8,10,30H,9,23H2. The molecule has 1 atom stereocenters. The molecular formula is C19H14F3N7O. The molecule has 3 heterocycles. The highest BCUT2D eigenvalue weighted by Gasteiger charge is 2.63. The summed E-state index contributed by atoms with van der Waals surface area (Å²) in [6.45, 7) is 0. The Labute approximate surface area is 167 Å². The van der Waals surface area contributed by atoms with Gasteiger partial charge in [0.05, 0.1) is 12.1 Å². The van der Waals surface area contributed by atoms with Crippen LogP contribution >= 0.6 is 0 Å². The van der Waals surface area contributed by atoms with Gasteiger partial charge < -0.3 is 10.8 Å². The van der Waals surface area contributed by atoms with Gasteiger partial charge in [0.25, 0.3) is 11.7 Å². The zero-order valence-corrected chi connectivity index (χ0v) is 15.2. The van der Waals surface area contributed by atoms with Crippen LogP contribution in [0, 0.1) is 0 Å². The topological polar surface area (TPSA) is 105 Å². The average Bonchev–Trinajstić information content (AvgIpc) is 3.31. The van der Waals surface area contributed by atoms with E-state index in [1.165, 1.54) is 6.07 Å². The molecule has 5 rings (SSSR count). The SMILES string of the molecule is Nc1cc2ncnn2c(N2N=C(c3ccc4ccccc4c3)CC2(O)C(F)(F)F)n1. The Morgan fingerprint density at radius 1 is 1.07 bits per heavy atom. The minimum atomic E-state index is -5.03. The van der Waals surface area contributed by atoms with Crippen molar-refractivity contribution in [2.45, 2.75) is 18.3 Å². The number of anilines is 2. The Morgan fingerprint density at radius 2 is 1.83 bits per heavy atom. The summed E-state index contributed by atoms with van der Waals surface area (Å²) < 4.78 is 43.0. The first-order valence-electron chi connectivity index (χ1n) is 8.88. The van der Waals surface area contributed by atoms with E-state index in [0.717, 1.165) is 21.6 Å². The molecule has 0 saturated carbocycles. The van der Waals surface area contributed by atoms with Crippen molar-refractivity contribution < 1.29 is 18.3 Å². The fourth-order valence-corrected chi connectivity index (χ4v) is 3.47. The molecule has 2 aromatic heterocycles. The first-order chi connectivity index (χ1) is 14.3. The maximum Gasteiger partial charge on any atom is 0.438 e. The van der Waals surface area contributed by atoms with Crippen LogP contribution in [0.2, 0.25) is 0 Å². The largest absolute Gasteiger partial charge is 0.438 e. The van der Waals surface area contributed by atoms with E-state index >= 15 is 0 Å². The third kappa shape index (κ3) is 2.66. The van der Waals surface area contributed by atoms with E-state index in [1.807, 2.05) is 24.3 Å². The van der Waals surface area contributed by atoms with Gasteiger partial charge in [0.2, 0.25) is 0 Å². The highest BCUT2D eigenvalue weighted by molar-refractivity contribution is 6.06. The molecule has 152 valence electrons. The van der Waals surface area contributed by atoms with E-state index in [0.29, 0.717) is 10.6 Å². The lowest BCUT2D eigenvalue weighted by atomic mass is 9.98. The summed E-state index contributed by atoms with van der Waals surface area (Å²) in [4.78, 5) is 7.87. The third-order valence-electron chi connectivity index (χ3n) is 4.98. The summed E-state index contributed by atoms with van der Waals surface area (Å²) in [5.74, 6) is -0.470. The second-order valence-electron chi connectivity index (χ2n) is 6.92. The monoisotopic (exact) mass is 413 g/mol. The van der Waals surface area contributed by atoms with Crippen LogP contribution in [-0.4, -0.2) is 42.3 Å².